The van der Waals surface area contributed by atoms with Gasteiger partial charge in [-0.05, 0) is 29.3 Å². The Hall–Kier alpha value is -3.95. The first-order valence-corrected chi connectivity index (χ1v) is 9.15. The standard InChI is InChI=1S/C21H17F3N6O/c1-31-16-5-3-14(4-6-16)18-19(27-12-28-20(18)25)15-9-29-30(11-15)10-13-2-7-17(26-8-13)21(22,23)24/h2-9,11-12H,10H2,1H3,(H2,25,27,28). The molecule has 0 aliphatic carbocycles. The fourth-order valence-corrected chi connectivity index (χ4v) is 3.11. The van der Waals surface area contributed by atoms with E-state index >= 15 is 0 Å². The van der Waals surface area contributed by atoms with Gasteiger partial charge in [0.05, 0.1) is 31.1 Å². The van der Waals surface area contributed by atoms with E-state index in [9.17, 15) is 13.2 Å². The van der Waals surface area contributed by atoms with Crippen molar-refractivity contribution < 1.29 is 17.9 Å². The number of nitrogens with two attached hydrogens (primary N) is 1. The van der Waals surface area contributed by atoms with Crippen LogP contribution in [0.25, 0.3) is 22.4 Å². The smallest absolute Gasteiger partial charge is 0.433 e. The van der Waals surface area contributed by atoms with Crippen molar-refractivity contribution in [3.05, 3.63) is 72.6 Å². The highest BCUT2D eigenvalue weighted by molar-refractivity contribution is 5.86. The van der Waals surface area contributed by atoms with Crippen LogP contribution in [-0.4, -0.2) is 31.8 Å². The minimum absolute atomic E-state index is 0.254. The fourth-order valence-electron chi connectivity index (χ4n) is 3.11. The van der Waals surface area contributed by atoms with Gasteiger partial charge in [-0.3, -0.25) is 9.67 Å². The van der Waals surface area contributed by atoms with E-state index in [4.69, 9.17) is 10.5 Å². The number of hydrogen-bond acceptors (Lipinski definition) is 6. The van der Waals surface area contributed by atoms with E-state index in [1.54, 1.807) is 24.2 Å². The molecule has 1 aromatic carbocycles. The van der Waals surface area contributed by atoms with Gasteiger partial charge in [-0.2, -0.15) is 18.3 Å². The van der Waals surface area contributed by atoms with Crippen molar-refractivity contribution in [3.63, 3.8) is 0 Å². The van der Waals surface area contributed by atoms with Gasteiger partial charge in [-0.15, -0.1) is 0 Å². The van der Waals surface area contributed by atoms with Crippen LogP contribution in [0.2, 0.25) is 0 Å². The van der Waals surface area contributed by atoms with Crippen LogP contribution in [0.15, 0.2) is 61.3 Å². The Morgan fingerprint density at radius 3 is 2.39 bits per heavy atom. The van der Waals surface area contributed by atoms with Crippen molar-refractivity contribution >= 4 is 5.82 Å². The van der Waals surface area contributed by atoms with Crippen molar-refractivity contribution in [2.75, 3.05) is 12.8 Å². The van der Waals surface area contributed by atoms with Gasteiger partial charge < -0.3 is 10.5 Å². The van der Waals surface area contributed by atoms with Crippen molar-refractivity contribution in [2.24, 2.45) is 0 Å². The molecule has 7 nitrogen and oxygen atoms in total. The maximum Gasteiger partial charge on any atom is 0.433 e. The van der Waals surface area contributed by atoms with Gasteiger partial charge in [0.1, 0.15) is 23.6 Å². The second-order valence-corrected chi connectivity index (χ2v) is 6.69. The van der Waals surface area contributed by atoms with Gasteiger partial charge >= 0.3 is 6.18 Å². The van der Waals surface area contributed by atoms with Crippen molar-refractivity contribution in [1.82, 2.24) is 24.7 Å². The lowest BCUT2D eigenvalue weighted by molar-refractivity contribution is -0.141. The van der Waals surface area contributed by atoms with Gasteiger partial charge in [0.15, 0.2) is 0 Å². The molecule has 0 aliphatic heterocycles. The summed E-state index contributed by atoms with van der Waals surface area (Å²) in [5.74, 6) is 1.02. The maximum atomic E-state index is 12.7. The highest BCUT2D eigenvalue weighted by Crippen LogP contribution is 2.34. The van der Waals surface area contributed by atoms with E-state index in [-0.39, 0.29) is 6.54 Å². The van der Waals surface area contributed by atoms with Crippen molar-refractivity contribution in [2.45, 2.75) is 12.7 Å². The highest BCUT2D eigenvalue weighted by Gasteiger charge is 2.32. The zero-order valence-electron chi connectivity index (χ0n) is 16.3. The van der Waals surface area contributed by atoms with Gasteiger partial charge in [0.25, 0.3) is 0 Å². The molecule has 4 aromatic rings. The molecule has 0 saturated carbocycles. The second-order valence-electron chi connectivity index (χ2n) is 6.69. The SMILES string of the molecule is COc1ccc(-c2c(N)ncnc2-c2cnn(Cc3ccc(C(F)(F)F)nc3)c2)cc1. The van der Waals surface area contributed by atoms with Crippen LogP contribution in [0.3, 0.4) is 0 Å². The number of hydrogen-bond donors (Lipinski definition) is 1. The number of nitrogen functional groups attached to an aromatic ring is 1. The van der Waals surface area contributed by atoms with Crippen LogP contribution >= 0.6 is 0 Å². The average Bonchev–Trinajstić information content (AvgIpc) is 3.22. The fraction of sp³-hybridized carbons (Fsp3) is 0.143. The Morgan fingerprint density at radius 2 is 1.74 bits per heavy atom. The molecule has 4 rings (SSSR count). The first-order valence-electron chi connectivity index (χ1n) is 9.15. The summed E-state index contributed by atoms with van der Waals surface area (Å²) in [4.78, 5) is 11.9. The van der Waals surface area contributed by atoms with Crippen molar-refractivity contribution in [3.8, 4) is 28.1 Å². The predicted molar refractivity (Wildman–Crippen MR) is 108 cm³/mol. The summed E-state index contributed by atoms with van der Waals surface area (Å²) in [5, 5.41) is 4.30. The number of nitrogens with zero attached hydrogens (tertiary/aromatic N) is 5. The molecule has 0 amide bonds. The number of ether oxygens (including phenoxy) is 1. The molecule has 0 unspecified atom stereocenters. The number of alkyl halides is 3. The summed E-state index contributed by atoms with van der Waals surface area (Å²) >= 11 is 0. The topological polar surface area (TPSA) is 91.7 Å². The molecular formula is C21H17F3N6O. The number of pyridine rings is 1. The number of anilines is 1. The Balaban J connectivity index is 1.63. The Kier molecular flexibility index (Phi) is 5.28. The molecule has 10 heteroatoms. The van der Waals surface area contributed by atoms with Crippen LogP contribution in [0.4, 0.5) is 19.0 Å². The van der Waals surface area contributed by atoms with Crippen LogP contribution in [-0.2, 0) is 12.7 Å². The highest BCUT2D eigenvalue weighted by atomic mass is 19.4. The van der Waals surface area contributed by atoms with Crippen molar-refractivity contribution in [1.29, 1.82) is 0 Å². The summed E-state index contributed by atoms with van der Waals surface area (Å²) in [6, 6.07) is 9.67. The number of rotatable bonds is 5. The van der Waals surface area contributed by atoms with E-state index < -0.39 is 11.9 Å². The predicted octanol–water partition coefficient (Wildman–Crippen LogP) is 4.06. The number of methoxy groups -OCH3 is 1. The van der Waals surface area contributed by atoms with E-state index in [0.717, 1.165) is 11.6 Å². The van der Waals surface area contributed by atoms with Gasteiger partial charge in [-0.1, -0.05) is 18.2 Å². The van der Waals surface area contributed by atoms with Gasteiger partial charge in [0, 0.05) is 18.0 Å². The lowest BCUT2D eigenvalue weighted by Gasteiger charge is -2.10. The molecule has 0 radical (unpaired) electrons. The molecule has 31 heavy (non-hydrogen) atoms. The average molecular weight is 426 g/mol. The normalized spacial score (nSPS) is 11.5. The Morgan fingerprint density at radius 1 is 0.968 bits per heavy atom. The molecule has 0 spiro atoms. The lowest BCUT2D eigenvalue weighted by Crippen LogP contribution is -2.08. The van der Waals surface area contributed by atoms with Crippen LogP contribution < -0.4 is 10.5 Å². The summed E-state index contributed by atoms with van der Waals surface area (Å²) < 4.78 is 44.8. The van der Waals surface area contributed by atoms with E-state index in [0.29, 0.717) is 34.0 Å². The van der Waals surface area contributed by atoms with E-state index in [2.05, 4.69) is 20.1 Å². The van der Waals surface area contributed by atoms with Crippen LogP contribution in [0.1, 0.15) is 11.3 Å². The third-order valence-electron chi connectivity index (χ3n) is 4.62. The minimum Gasteiger partial charge on any atom is -0.497 e. The monoisotopic (exact) mass is 426 g/mol. The molecule has 158 valence electrons. The molecule has 3 aromatic heterocycles. The lowest BCUT2D eigenvalue weighted by atomic mass is 10.0. The van der Waals surface area contributed by atoms with Crippen LogP contribution in [0, 0.1) is 0 Å². The number of halogens is 3. The quantitative estimate of drug-likeness (QED) is 0.518. The summed E-state index contributed by atoms with van der Waals surface area (Å²) in [6.45, 7) is 0.254. The molecule has 3 heterocycles. The van der Waals surface area contributed by atoms with Gasteiger partial charge in [0.2, 0.25) is 0 Å². The van der Waals surface area contributed by atoms with Gasteiger partial charge in [-0.25, -0.2) is 9.97 Å². The molecule has 0 fully saturated rings. The third kappa shape index (κ3) is 4.32. The Labute approximate surface area is 175 Å². The molecular weight excluding hydrogens is 409 g/mol. The van der Waals surface area contributed by atoms with E-state index in [1.165, 1.54) is 18.6 Å². The molecule has 0 atom stereocenters. The zero-order chi connectivity index (χ0) is 22.0. The minimum atomic E-state index is -4.47. The van der Waals surface area contributed by atoms with E-state index in [1.807, 2.05) is 24.3 Å². The Bertz CT molecular complexity index is 1190. The summed E-state index contributed by atoms with van der Waals surface area (Å²) in [7, 11) is 1.58. The zero-order valence-corrected chi connectivity index (χ0v) is 16.3. The molecule has 2 N–H and O–H groups in total. The first-order chi connectivity index (χ1) is 14.8. The summed E-state index contributed by atoms with van der Waals surface area (Å²) in [5.41, 5.74) is 8.54. The largest absolute Gasteiger partial charge is 0.497 e. The first kappa shape index (κ1) is 20.3. The molecule has 0 saturated heterocycles. The van der Waals surface area contributed by atoms with Crippen LogP contribution in [0.5, 0.6) is 5.75 Å². The molecule has 0 bridgehead atoms. The number of aromatic nitrogens is 5. The molecule has 0 aliphatic rings. The summed E-state index contributed by atoms with van der Waals surface area (Å²) in [6.07, 6.45) is 1.45. The third-order valence-corrected chi connectivity index (χ3v) is 4.62. The second kappa shape index (κ2) is 8.05. The maximum absolute atomic E-state index is 12.7. The number of benzene rings is 1.